The van der Waals surface area contributed by atoms with Crippen molar-refractivity contribution in [2.24, 2.45) is 0 Å². The topological polar surface area (TPSA) is 80.4 Å². The van der Waals surface area contributed by atoms with E-state index in [1.54, 1.807) is 28.0 Å². The molecule has 1 aliphatic carbocycles. The molecule has 2 aliphatic rings. The van der Waals surface area contributed by atoms with Gasteiger partial charge >= 0.3 is 0 Å². The van der Waals surface area contributed by atoms with Crippen LogP contribution in [0.1, 0.15) is 67.1 Å². The number of hydrogen-bond acceptors (Lipinski definition) is 4. The molecule has 1 aromatic carbocycles. The maximum Gasteiger partial charge on any atom is 0.273 e. The first-order valence-corrected chi connectivity index (χ1v) is 12.2. The van der Waals surface area contributed by atoms with Gasteiger partial charge in [0.25, 0.3) is 5.91 Å². The van der Waals surface area contributed by atoms with E-state index in [0.29, 0.717) is 30.2 Å². The maximum atomic E-state index is 13.8. The summed E-state index contributed by atoms with van der Waals surface area (Å²) in [5.41, 5.74) is 2.15. The van der Waals surface area contributed by atoms with Gasteiger partial charge < -0.3 is 14.6 Å². The number of hydrogen-bond donors (Lipinski definition) is 1. The molecule has 1 N–H and O–H groups in total. The summed E-state index contributed by atoms with van der Waals surface area (Å²) >= 11 is 0. The van der Waals surface area contributed by atoms with Crippen LogP contribution >= 0.6 is 0 Å². The molecular weight excluding hydrogens is 428 g/mol. The normalized spacial score (nSPS) is 21.2. The van der Waals surface area contributed by atoms with Gasteiger partial charge in [-0.3, -0.25) is 14.3 Å². The van der Waals surface area contributed by atoms with Gasteiger partial charge in [-0.25, -0.2) is 0 Å². The quantitative estimate of drug-likeness (QED) is 0.560. The van der Waals surface area contributed by atoms with Crippen LogP contribution in [-0.2, 0) is 17.9 Å². The molecule has 178 valence electrons. The molecule has 1 aliphatic heterocycles. The molecule has 5 rings (SSSR count). The highest BCUT2D eigenvalue weighted by Gasteiger charge is 2.48. The molecule has 2 aromatic heterocycles. The Hall–Kier alpha value is -3.35. The molecule has 34 heavy (non-hydrogen) atoms. The molecule has 3 heterocycles. The second kappa shape index (κ2) is 9.12. The van der Waals surface area contributed by atoms with E-state index in [9.17, 15) is 9.59 Å². The lowest BCUT2D eigenvalue weighted by molar-refractivity contribution is -0.134. The van der Waals surface area contributed by atoms with Crippen molar-refractivity contribution < 1.29 is 14.0 Å². The van der Waals surface area contributed by atoms with E-state index in [1.807, 2.05) is 44.2 Å². The van der Waals surface area contributed by atoms with Crippen molar-refractivity contribution in [1.82, 2.24) is 20.0 Å². The second-order valence-electron chi connectivity index (χ2n) is 9.86. The van der Waals surface area contributed by atoms with Crippen LogP contribution in [0.25, 0.3) is 11.5 Å². The largest absolute Gasteiger partial charge is 0.463 e. The molecular formula is C27H32N4O3. The molecule has 0 saturated heterocycles. The zero-order valence-electron chi connectivity index (χ0n) is 19.9. The van der Waals surface area contributed by atoms with Crippen LogP contribution in [-0.4, -0.2) is 38.1 Å². The van der Waals surface area contributed by atoms with Crippen LogP contribution in [0, 0.1) is 6.92 Å². The Morgan fingerprint density at radius 3 is 2.56 bits per heavy atom. The van der Waals surface area contributed by atoms with Crippen molar-refractivity contribution in [1.29, 1.82) is 0 Å². The lowest BCUT2D eigenvalue weighted by Crippen LogP contribution is -2.64. The summed E-state index contributed by atoms with van der Waals surface area (Å²) in [7, 11) is 0. The first-order chi connectivity index (χ1) is 16.4. The van der Waals surface area contributed by atoms with Gasteiger partial charge in [-0.1, -0.05) is 55.5 Å². The zero-order chi connectivity index (χ0) is 23.7. The number of fused-ring (bicyclic) bond motifs is 1. The number of nitrogens with zero attached hydrogens (tertiary/aromatic N) is 3. The van der Waals surface area contributed by atoms with Gasteiger partial charge in [-0.05, 0) is 44.4 Å². The van der Waals surface area contributed by atoms with Crippen molar-refractivity contribution in [3.8, 4) is 11.5 Å². The predicted octanol–water partition coefficient (Wildman–Crippen LogP) is 4.71. The summed E-state index contributed by atoms with van der Waals surface area (Å²) in [6, 6.07) is 13.6. The molecule has 0 unspecified atom stereocenters. The molecule has 0 bridgehead atoms. The van der Waals surface area contributed by atoms with Crippen LogP contribution in [0.4, 0.5) is 0 Å². The van der Waals surface area contributed by atoms with Crippen LogP contribution in [0.15, 0.2) is 53.1 Å². The van der Waals surface area contributed by atoms with E-state index in [-0.39, 0.29) is 17.9 Å². The van der Waals surface area contributed by atoms with E-state index >= 15 is 0 Å². The average Bonchev–Trinajstić information content (AvgIpc) is 3.43. The fourth-order valence-electron chi connectivity index (χ4n) is 5.07. The molecule has 2 amide bonds. The van der Waals surface area contributed by atoms with E-state index < -0.39 is 5.54 Å². The van der Waals surface area contributed by atoms with Gasteiger partial charge in [0.05, 0.1) is 12.8 Å². The van der Waals surface area contributed by atoms with Gasteiger partial charge in [-0.15, -0.1) is 0 Å². The van der Waals surface area contributed by atoms with Crippen LogP contribution < -0.4 is 5.32 Å². The van der Waals surface area contributed by atoms with E-state index in [0.717, 1.165) is 36.8 Å². The lowest BCUT2D eigenvalue weighted by Gasteiger charge is -2.44. The summed E-state index contributed by atoms with van der Waals surface area (Å²) in [6.07, 6.45) is 8.25. The van der Waals surface area contributed by atoms with Gasteiger partial charge in [0.2, 0.25) is 5.91 Å². The zero-order valence-corrected chi connectivity index (χ0v) is 19.9. The first kappa shape index (κ1) is 22.4. The van der Waals surface area contributed by atoms with Crippen LogP contribution in [0.3, 0.4) is 0 Å². The number of nitrogens with one attached hydrogen (secondary N) is 1. The standard InChI is InChI=1S/C27H32N4O3/c1-19-11-13-20(14-12-19)17-30-25(32)23-16-22(24-10-7-15-34-24)29-31(23)18-27(30,2)26(33)28-21-8-5-3-4-6-9-21/h7,10-16,21H,3-6,8-9,17-18H2,1-2H3,(H,28,33)/t27-/m0/s1. The highest BCUT2D eigenvalue weighted by atomic mass is 16.3. The Labute approximate surface area is 200 Å². The van der Waals surface area contributed by atoms with Crippen LogP contribution in [0.5, 0.6) is 0 Å². The fourth-order valence-corrected chi connectivity index (χ4v) is 5.07. The Bertz CT molecular complexity index is 1160. The molecule has 7 heteroatoms. The van der Waals surface area contributed by atoms with E-state index in [4.69, 9.17) is 4.42 Å². The number of amides is 2. The highest BCUT2D eigenvalue weighted by Crippen LogP contribution is 2.32. The predicted molar refractivity (Wildman–Crippen MR) is 129 cm³/mol. The first-order valence-electron chi connectivity index (χ1n) is 12.2. The highest BCUT2D eigenvalue weighted by molar-refractivity contribution is 6.00. The Morgan fingerprint density at radius 1 is 1.15 bits per heavy atom. The molecule has 1 saturated carbocycles. The summed E-state index contributed by atoms with van der Waals surface area (Å²) in [6.45, 7) is 4.55. The summed E-state index contributed by atoms with van der Waals surface area (Å²) in [5.74, 6) is 0.292. The number of aryl methyl sites for hydroxylation is 1. The Kier molecular flexibility index (Phi) is 6.02. The summed E-state index contributed by atoms with van der Waals surface area (Å²) in [4.78, 5) is 29.3. The number of carbonyl (C=O) groups excluding carboxylic acids is 2. The number of rotatable bonds is 5. The molecule has 0 radical (unpaired) electrons. The van der Waals surface area contributed by atoms with Gasteiger partial charge in [0.15, 0.2) is 5.76 Å². The minimum absolute atomic E-state index is 0.111. The summed E-state index contributed by atoms with van der Waals surface area (Å²) in [5, 5.41) is 7.92. The van der Waals surface area contributed by atoms with E-state index in [1.165, 1.54) is 12.8 Å². The third-order valence-electron chi connectivity index (χ3n) is 7.21. The molecule has 7 nitrogen and oxygen atoms in total. The van der Waals surface area contributed by atoms with Gasteiger partial charge in [0, 0.05) is 18.7 Å². The lowest BCUT2D eigenvalue weighted by atomic mass is 9.93. The Balaban J connectivity index is 1.49. The molecule has 0 spiro atoms. The van der Waals surface area contributed by atoms with Gasteiger partial charge in [0.1, 0.15) is 16.9 Å². The van der Waals surface area contributed by atoms with Gasteiger partial charge in [-0.2, -0.15) is 5.10 Å². The third kappa shape index (κ3) is 4.27. The van der Waals surface area contributed by atoms with Crippen molar-refractivity contribution in [3.05, 3.63) is 65.5 Å². The second-order valence-corrected chi connectivity index (χ2v) is 9.86. The van der Waals surface area contributed by atoms with Crippen LogP contribution in [0.2, 0.25) is 0 Å². The van der Waals surface area contributed by atoms with E-state index in [2.05, 4.69) is 10.4 Å². The minimum Gasteiger partial charge on any atom is -0.463 e. The average molecular weight is 461 g/mol. The summed E-state index contributed by atoms with van der Waals surface area (Å²) < 4.78 is 7.16. The van der Waals surface area contributed by atoms with Crippen molar-refractivity contribution in [3.63, 3.8) is 0 Å². The number of benzene rings is 1. The Morgan fingerprint density at radius 2 is 1.88 bits per heavy atom. The third-order valence-corrected chi connectivity index (χ3v) is 7.21. The van der Waals surface area contributed by atoms with Crippen molar-refractivity contribution >= 4 is 11.8 Å². The minimum atomic E-state index is -1.06. The maximum absolute atomic E-state index is 13.8. The SMILES string of the molecule is Cc1ccc(CN2C(=O)c3cc(-c4ccco4)nn3C[C@@]2(C)C(=O)NC2CCCCCC2)cc1. The molecule has 1 fully saturated rings. The number of aromatic nitrogens is 2. The number of furan rings is 1. The molecule has 3 aromatic rings. The molecule has 1 atom stereocenters. The number of carbonyl (C=O) groups is 2. The smallest absolute Gasteiger partial charge is 0.273 e. The van der Waals surface area contributed by atoms with Crippen molar-refractivity contribution in [2.45, 2.75) is 77.0 Å². The fraction of sp³-hybridized carbons (Fsp3) is 0.444. The van der Waals surface area contributed by atoms with Crippen molar-refractivity contribution in [2.75, 3.05) is 0 Å². The monoisotopic (exact) mass is 460 g/mol.